The molecule has 2 aromatic rings. The first-order chi connectivity index (χ1) is 12.1. The van der Waals surface area contributed by atoms with Crippen LogP contribution in [-0.4, -0.2) is 23.6 Å². The van der Waals surface area contributed by atoms with Crippen LogP contribution in [0.4, 0.5) is 30.7 Å². The van der Waals surface area contributed by atoms with Crippen molar-refractivity contribution < 1.29 is 30.7 Å². The van der Waals surface area contributed by atoms with E-state index in [0.717, 1.165) is 42.5 Å². The average molecular weight is 373 g/mol. The minimum atomic E-state index is -5.71. The summed E-state index contributed by atoms with van der Waals surface area (Å²) in [5.74, 6) is -0.669. The Hall–Kier alpha value is -2.64. The molecule has 0 bridgehead atoms. The highest BCUT2D eigenvalue weighted by molar-refractivity contribution is 6.16. The SMILES string of the molecule is Fc1ccc(C2=NC(C(F)(F)F)(C(F)(F)F)C(c3ccccc3)=C2)cc1. The number of benzene rings is 2. The molecule has 0 aromatic heterocycles. The van der Waals surface area contributed by atoms with E-state index in [-0.39, 0.29) is 11.1 Å². The maximum absolute atomic E-state index is 13.7. The molecule has 1 nitrogen and oxygen atoms in total. The van der Waals surface area contributed by atoms with Crippen LogP contribution in [0.15, 0.2) is 65.7 Å². The van der Waals surface area contributed by atoms with Gasteiger partial charge in [0.2, 0.25) is 0 Å². The van der Waals surface area contributed by atoms with E-state index in [4.69, 9.17) is 0 Å². The van der Waals surface area contributed by atoms with Gasteiger partial charge in [0, 0.05) is 5.57 Å². The van der Waals surface area contributed by atoms with Crippen molar-refractivity contribution in [3.05, 3.63) is 77.6 Å². The van der Waals surface area contributed by atoms with Crippen molar-refractivity contribution in [1.29, 1.82) is 0 Å². The zero-order valence-corrected chi connectivity index (χ0v) is 12.9. The summed E-state index contributed by atoms with van der Waals surface area (Å²) in [6.07, 6.45) is -10.7. The van der Waals surface area contributed by atoms with E-state index in [9.17, 15) is 30.7 Å². The van der Waals surface area contributed by atoms with Crippen LogP contribution in [0, 0.1) is 5.82 Å². The maximum Gasteiger partial charge on any atom is 0.426 e. The van der Waals surface area contributed by atoms with E-state index < -0.39 is 35.0 Å². The van der Waals surface area contributed by atoms with Gasteiger partial charge < -0.3 is 0 Å². The molecule has 0 radical (unpaired) electrons. The first-order valence-corrected chi connectivity index (χ1v) is 7.33. The van der Waals surface area contributed by atoms with Gasteiger partial charge in [-0.3, -0.25) is 4.99 Å². The summed E-state index contributed by atoms with van der Waals surface area (Å²) in [4.78, 5) is 3.07. The van der Waals surface area contributed by atoms with Crippen molar-refractivity contribution in [2.75, 3.05) is 0 Å². The topological polar surface area (TPSA) is 12.4 Å². The Morgan fingerprint density at radius 1 is 0.692 bits per heavy atom. The number of hydrogen-bond acceptors (Lipinski definition) is 1. The molecule has 0 atom stereocenters. The van der Waals surface area contributed by atoms with Crippen LogP contribution >= 0.6 is 0 Å². The highest BCUT2D eigenvalue weighted by Crippen LogP contribution is 2.55. The summed E-state index contributed by atoms with van der Waals surface area (Å²) >= 11 is 0. The summed E-state index contributed by atoms with van der Waals surface area (Å²) in [7, 11) is 0. The number of alkyl halides is 6. The summed E-state index contributed by atoms with van der Waals surface area (Å²) < 4.78 is 95.1. The predicted molar refractivity (Wildman–Crippen MR) is 82.2 cm³/mol. The normalized spacial score (nSPS) is 17.0. The summed E-state index contributed by atoms with van der Waals surface area (Å²) in [6.45, 7) is 0. The Morgan fingerprint density at radius 3 is 1.73 bits per heavy atom. The molecule has 0 saturated heterocycles. The van der Waals surface area contributed by atoms with Crippen molar-refractivity contribution >= 4 is 11.3 Å². The Balaban J connectivity index is 2.28. The van der Waals surface area contributed by atoms with Crippen LogP contribution in [0.5, 0.6) is 0 Å². The zero-order chi connectivity index (χ0) is 19.2. The van der Waals surface area contributed by atoms with Gasteiger partial charge in [0.05, 0.1) is 5.71 Å². The van der Waals surface area contributed by atoms with Gasteiger partial charge >= 0.3 is 12.4 Å². The minimum absolute atomic E-state index is 0.0461. The molecule has 0 saturated carbocycles. The molecule has 3 rings (SSSR count). The molecule has 0 amide bonds. The molecule has 136 valence electrons. The third-order valence-corrected chi connectivity index (χ3v) is 4.00. The van der Waals surface area contributed by atoms with E-state index >= 15 is 0 Å². The number of nitrogens with zero attached hydrogens (tertiary/aromatic N) is 1. The van der Waals surface area contributed by atoms with Gasteiger partial charge in [0.15, 0.2) is 0 Å². The van der Waals surface area contributed by atoms with Gasteiger partial charge in [-0.1, -0.05) is 30.3 Å². The lowest BCUT2D eigenvalue weighted by Crippen LogP contribution is -2.55. The Kier molecular flexibility index (Phi) is 4.17. The predicted octanol–water partition coefficient (Wildman–Crippen LogP) is 5.58. The van der Waals surface area contributed by atoms with E-state index in [1.807, 2.05) is 0 Å². The van der Waals surface area contributed by atoms with Crippen LogP contribution in [-0.2, 0) is 0 Å². The van der Waals surface area contributed by atoms with Crippen molar-refractivity contribution in [2.45, 2.75) is 17.9 Å². The number of aliphatic imine (C=N–C) groups is 1. The summed E-state index contributed by atoms with van der Waals surface area (Å²) in [5, 5.41) is 0. The summed E-state index contributed by atoms with van der Waals surface area (Å²) in [6, 6.07) is 10.5. The van der Waals surface area contributed by atoms with Crippen molar-refractivity contribution in [2.24, 2.45) is 4.99 Å². The molecule has 0 N–H and O–H groups in total. The van der Waals surface area contributed by atoms with Gasteiger partial charge in [-0.15, -0.1) is 0 Å². The van der Waals surface area contributed by atoms with Crippen LogP contribution < -0.4 is 0 Å². The number of rotatable bonds is 2. The van der Waals surface area contributed by atoms with E-state index in [1.54, 1.807) is 0 Å². The van der Waals surface area contributed by atoms with Crippen molar-refractivity contribution in [3.63, 3.8) is 0 Å². The van der Waals surface area contributed by atoms with Gasteiger partial charge in [-0.2, -0.15) is 26.3 Å². The lowest BCUT2D eigenvalue weighted by molar-refractivity contribution is -0.273. The van der Waals surface area contributed by atoms with Crippen LogP contribution in [0.2, 0.25) is 0 Å². The fourth-order valence-corrected chi connectivity index (χ4v) is 2.79. The van der Waals surface area contributed by atoms with Gasteiger partial charge in [0.25, 0.3) is 5.54 Å². The molecule has 0 spiro atoms. The molecule has 0 unspecified atom stereocenters. The molecular weight excluding hydrogens is 363 g/mol. The molecule has 0 fully saturated rings. The second-order valence-electron chi connectivity index (χ2n) is 5.63. The highest BCUT2D eigenvalue weighted by Gasteiger charge is 2.74. The van der Waals surface area contributed by atoms with Crippen LogP contribution in [0.25, 0.3) is 5.57 Å². The van der Waals surface area contributed by atoms with E-state index in [1.165, 1.54) is 18.2 Å². The first-order valence-electron chi connectivity index (χ1n) is 7.33. The molecular formula is C18H10F7N. The molecule has 2 aromatic carbocycles. The first kappa shape index (κ1) is 18.2. The van der Waals surface area contributed by atoms with Crippen LogP contribution in [0.3, 0.4) is 0 Å². The molecule has 1 aliphatic heterocycles. The molecule has 1 aliphatic rings. The maximum atomic E-state index is 13.7. The molecule has 0 aliphatic carbocycles. The Morgan fingerprint density at radius 2 is 1.23 bits per heavy atom. The molecule has 8 heteroatoms. The largest absolute Gasteiger partial charge is 0.426 e. The second kappa shape index (κ2) is 5.96. The monoisotopic (exact) mass is 373 g/mol. The Labute approximate surface area is 143 Å². The zero-order valence-electron chi connectivity index (χ0n) is 12.9. The molecule has 26 heavy (non-hydrogen) atoms. The Bertz CT molecular complexity index is 845. The quantitative estimate of drug-likeness (QED) is 0.610. The lowest BCUT2D eigenvalue weighted by atomic mass is 9.85. The standard InChI is InChI=1S/C18H10F7N/c19-13-8-6-12(7-9-13)15-10-14(11-4-2-1-3-5-11)16(26-15,17(20,21)22)18(23,24)25/h1-10H. The van der Waals surface area contributed by atoms with Gasteiger partial charge in [-0.25, -0.2) is 4.39 Å². The number of allylic oxidation sites excluding steroid dienone is 1. The molecule has 1 heterocycles. The number of hydrogen-bond donors (Lipinski definition) is 0. The minimum Gasteiger partial charge on any atom is -0.255 e. The van der Waals surface area contributed by atoms with Crippen LogP contribution in [0.1, 0.15) is 11.1 Å². The highest BCUT2D eigenvalue weighted by atomic mass is 19.4. The van der Waals surface area contributed by atoms with Gasteiger partial charge in [0.1, 0.15) is 5.82 Å². The fourth-order valence-electron chi connectivity index (χ4n) is 2.79. The van der Waals surface area contributed by atoms with E-state index in [2.05, 4.69) is 4.99 Å². The van der Waals surface area contributed by atoms with Gasteiger partial charge in [-0.05, 0) is 41.5 Å². The lowest BCUT2D eigenvalue weighted by Gasteiger charge is -2.33. The number of halogens is 7. The van der Waals surface area contributed by atoms with Crippen molar-refractivity contribution in [3.8, 4) is 0 Å². The average Bonchev–Trinajstić information content (AvgIpc) is 2.98. The summed E-state index contributed by atoms with van der Waals surface area (Å²) in [5.41, 5.74) is -6.21. The third-order valence-electron chi connectivity index (χ3n) is 4.00. The second-order valence-corrected chi connectivity index (χ2v) is 5.63. The fraction of sp³-hybridized carbons (Fsp3) is 0.167. The third kappa shape index (κ3) is 2.79. The van der Waals surface area contributed by atoms with E-state index in [0.29, 0.717) is 0 Å². The van der Waals surface area contributed by atoms with Crippen molar-refractivity contribution in [1.82, 2.24) is 0 Å². The smallest absolute Gasteiger partial charge is 0.255 e.